The molecule has 6 heteroatoms. The summed E-state index contributed by atoms with van der Waals surface area (Å²) in [4.78, 5) is 0. The van der Waals surface area contributed by atoms with Crippen LogP contribution < -0.4 is 5.32 Å². The van der Waals surface area contributed by atoms with Crippen LogP contribution in [0.3, 0.4) is 0 Å². The molecule has 98 valence electrons. The number of aromatic nitrogens is 4. The monoisotopic (exact) mass is 241 g/mol. The molecular weight excluding hydrogens is 218 g/mol. The summed E-state index contributed by atoms with van der Waals surface area (Å²) < 4.78 is 6.92. The van der Waals surface area contributed by atoms with Gasteiger partial charge in [0.2, 0.25) is 0 Å². The highest BCUT2D eigenvalue weighted by Gasteiger charge is 2.26. The van der Waals surface area contributed by atoms with Crippen LogP contribution in [0.5, 0.6) is 0 Å². The molecule has 0 unspecified atom stereocenters. The molecule has 0 saturated carbocycles. The molecule has 0 bridgehead atoms. The predicted molar refractivity (Wildman–Crippen MR) is 65.6 cm³/mol. The average molecular weight is 241 g/mol. The largest absolute Gasteiger partial charge is 0.383 e. The number of hydrogen-bond acceptors (Lipinski definition) is 5. The van der Waals surface area contributed by atoms with Crippen LogP contribution in [0.4, 0.5) is 0 Å². The van der Waals surface area contributed by atoms with E-state index < -0.39 is 0 Å². The maximum absolute atomic E-state index is 4.98. The van der Waals surface area contributed by atoms with Gasteiger partial charge in [0, 0.05) is 13.7 Å². The van der Waals surface area contributed by atoms with Gasteiger partial charge in [0.1, 0.15) is 0 Å². The Labute approximate surface area is 103 Å². The Morgan fingerprint density at radius 2 is 2.06 bits per heavy atom. The lowest BCUT2D eigenvalue weighted by atomic mass is 9.96. The van der Waals surface area contributed by atoms with E-state index in [0.717, 1.165) is 25.2 Å². The van der Waals surface area contributed by atoms with Gasteiger partial charge < -0.3 is 10.1 Å². The molecule has 1 rings (SSSR count). The highest BCUT2D eigenvalue weighted by atomic mass is 16.5. The first kappa shape index (κ1) is 14.1. The topological polar surface area (TPSA) is 64.9 Å². The number of methoxy groups -OCH3 is 1. The summed E-state index contributed by atoms with van der Waals surface area (Å²) in [7, 11) is 1.69. The summed E-state index contributed by atoms with van der Waals surface area (Å²) in [6.45, 7) is 8.67. The Balaban J connectivity index is 2.65. The Kier molecular flexibility index (Phi) is 5.50. The molecular formula is C11H23N5O. The van der Waals surface area contributed by atoms with Gasteiger partial charge in [0.15, 0.2) is 5.82 Å². The Hall–Kier alpha value is -1.01. The predicted octanol–water partition coefficient (Wildman–Crippen LogP) is 0.944. The summed E-state index contributed by atoms with van der Waals surface area (Å²) in [5.74, 6) is 0.882. The van der Waals surface area contributed by atoms with Gasteiger partial charge in [-0.05, 0) is 30.2 Å². The first-order valence-corrected chi connectivity index (χ1v) is 6.15. The molecule has 0 spiro atoms. The van der Waals surface area contributed by atoms with Crippen LogP contribution in [0, 0.1) is 0 Å². The van der Waals surface area contributed by atoms with Gasteiger partial charge in [0.25, 0.3) is 0 Å². The Morgan fingerprint density at radius 3 is 2.65 bits per heavy atom. The summed E-state index contributed by atoms with van der Waals surface area (Å²) in [5, 5.41) is 15.2. The minimum atomic E-state index is 0.00176. The van der Waals surface area contributed by atoms with Crippen molar-refractivity contribution in [3.05, 3.63) is 5.82 Å². The van der Waals surface area contributed by atoms with Crippen molar-refractivity contribution in [2.75, 3.05) is 20.3 Å². The number of ether oxygens (including phenoxy) is 1. The van der Waals surface area contributed by atoms with Gasteiger partial charge in [-0.1, -0.05) is 13.8 Å². The van der Waals surface area contributed by atoms with Gasteiger partial charge >= 0.3 is 0 Å². The third kappa shape index (κ3) is 3.47. The lowest BCUT2D eigenvalue weighted by Crippen LogP contribution is -2.33. The second-order valence-corrected chi connectivity index (χ2v) is 4.38. The standard InChI is InChI=1S/C11H23N5O/c1-5-11(3,6-2)16-10(13-14-15-16)9-12-7-8-17-4/h12H,5-9H2,1-4H3. The number of rotatable bonds is 8. The smallest absolute Gasteiger partial charge is 0.165 e. The van der Waals surface area contributed by atoms with Crippen LogP contribution in [-0.4, -0.2) is 40.5 Å². The van der Waals surface area contributed by atoms with Gasteiger partial charge in [-0.25, -0.2) is 4.68 Å². The zero-order chi connectivity index (χ0) is 12.7. The van der Waals surface area contributed by atoms with Crippen molar-refractivity contribution in [3.63, 3.8) is 0 Å². The molecule has 0 aliphatic rings. The quantitative estimate of drug-likeness (QED) is 0.686. The number of nitrogens with one attached hydrogen (secondary N) is 1. The minimum Gasteiger partial charge on any atom is -0.383 e. The molecule has 0 saturated heterocycles. The van der Waals surface area contributed by atoms with Gasteiger partial charge in [-0.2, -0.15) is 0 Å². The zero-order valence-corrected chi connectivity index (χ0v) is 11.2. The second kappa shape index (κ2) is 6.66. The van der Waals surface area contributed by atoms with E-state index in [1.54, 1.807) is 7.11 Å². The van der Waals surface area contributed by atoms with Gasteiger partial charge in [-0.3, -0.25) is 0 Å². The lowest BCUT2D eigenvalue weighted by molar-refractivity contribution is 0.197. The number of tetrazole rings is 1. The Bertz CT molecular complexity index is 321. The van der Waals surface area contributed by atoms with Crippen LogP contribution in [0.2, 0.25) is 0 Å². The fraction of sp³-hybridized carbons (Fsp3) is 0.909. The van der Waals surface area contributed by atoms with Crippen molar-refractivity contribution < 1.29 is 4.74 Å². The van der Waals surface area contributed by atoms with Crippen molar-refractivity contribution in [2.24, 2.45) is 0 Å². The van der Waals surface area contributed by atoms with Crippen molar-refractivity contribution in [1.29, 1.82) is 0 Å². The van der Waals surface area contributed by atoms with E-state index in [9.17, 15) is 0 Å². The van der Waals surface area contributed by atoms with Crippen LogP contribution in [0.15, 0.2) is 0 Å². The zero-order valence-electron chi connectivity index (χ0n) is 11.2. The molecule has 0 aromatic carbocycles. The fourth-order valence-electron chi connectivity index (χ4n) is 1.66. The van der Waals surface area contributed by atoms with E-state index in [1.807, 2.05) is 4.68 Å². The SMILES string of the molecule is CCC(C)(CC)n1nnnc1CNCCOC. The van der Waals surface area contributed by atoms with E-state index in [2.05, 4.69) is 41.6 Å². The molecule has 1 N–H and O–H groups in total. The van der Waals surface area contributed by atoms with Gasteiger partial charge in [0.05, 0.1) is 18.7 Å². The van der Waals surface area contributed by atoms with Crippen LogP contribution in [0.25, 0.3) is 0 Å². The highest BCUT2D eigenvalue weighted by molar-refractivity contribution is 4.89. The van der Waals surface area contributed by atoms with Crippen LogP contribution in [-0.2, 0) is 16.8 Å². The number of hydrogen-bond donors (Lipinski definition) is 1. The van der Waals surface area contributed by atoms with Crippen molar-refractivity contribution in [2.45, 2.75) is 45.7 Å². The lowest BCUT2D eigenvalue weighted by Gasteiger charge is -2.27. The average Bonchev–Trinajstić information content (AvgIpc) is 2.82. The van der Waals surface area contributed by atoms with Crippen molar-refractivity contribution >= 4 is 0 Å². The molecule has 17 heavy (non-hydrogen) atoms. The van der Waals surface area contributed by atoms with E-state index >= 15 is 0 Å². The second-order valence-electron chi connectivity index (χ2n) is 4.38. The van der Waals surface area contributed by atoms with E-state index in [1.165, 1.54) is 0 Å². The summed E-state index contributed by atoms with van der Waals surface area (Å²) in [6, 6.07) is 0. The molecule has 0 aliphatic heterocycles. The van der Waals surface area contributed by atoms with Crippen molar-refractivity contribution in [1.82, 2.24) is 25.5 Å². The maximum Gasteiger partial charge on any atom is 0.165 e. The number of nitrogens with zero attached hydrogens (tertiary/aromatic N) is 4. The van der Waals surface area contributed by atoms with Crippen LogP contribution >= 0.6 is 0 Å². The fourth-order valence-corrected chi connectivity index (χ4v) is 1.66. The summed E-state index contributed by atoms with van der Waals surface area (Å²) in [5.41, 5.74) is 0.00176. The first-order chi connectivity index (χ1) is 8.18. The normalized spacial score (nSPS) is 12.0. The minimum absolute atomic E-state index is 0.00176. The molecule has 0 atom stereocenters. The third-order valence-corrected chi connectivity index (χ3v) is 3.33. The van der Waals surface area contributed by atoms with E-state index in [4.69, 9.17) is 4.74 Å². The molecule has 1 aromatic rings. The Morgan fingerprint density at radius 1 is 1.35 bits per heavy atom. The van der Waals surface area contributed by atoms with E-state index in [0.29, 0.717) is 13.2 Å². The summed E-state index contributed by atoms with van der Waals surface area (Å²) in [6.07, 6.45) is 2.03. The molecule has 0 aliphatic carbocycles. The maximum atomic E-state index is 4.98. The van der Waals surface area contributed by atoms with Crippen molar-refractivity contribution in [3.8, 4) is 0 Å². The van der Waals surface area contributed by atoms with E-state index in [-0.39, 0.29) is 5.54 Å². The summed E-state index contributed by atoms with van der Waals surface area (Å²) >= 11 is 0. The molecule has 0 fully saturated rings. The third-order valence-electron chi connectivity index (χ3n) is 3.33. The molecule has 1 aromatic heterocycles. The first-order valence-electron chi connectivity index (χ1n) is 6.15. The molecule has 6 nitrogen and oxygen atoms in total. The molecule has 1 heterocycles. The van der Waals surface area contributed by atoms with Crippen LogP contribution in [0.1, 0.15) is 39.4 Å². The van der Waals surface area contributed by atoms with Gasteiger partial charge in [-0.15, -0.1) is 5.10 Å². The molecule has 0 radical (unpaired) electrons. The highest BCUT2D eigenvalue weighted by Crippen LogP contribution is 2.23. The molecule has 0 amide bonds.